The highest BCUT2D eigenvalue weighted by atomic mass is 19.1. The second-order valence-electron chi connectivity index (χ2n) is 6.90. The first kappa shape index (κ1) is 19.0. The van der Waals surface area contributed by atoms with Crippen LogP contribution in [0.15, 0.2) is 54.7 Å². The Morgan fingerprint density at radius 3 is 2.14 bits per heavy atom. The van der Waals surface area contributed by atoms with Crippen molar-refractivity contribution >= 4 is 17.5 Å². The largest absolute Gasteiger partial charge is 0.368 e. The average molecular weight is 396 g/mol. The molecule has 150 valence electrons. The monoisotopic (exact) mass is 396 g/mol. The fraction of sp³-hybridized carbons (Fsp3) is 0.286. The predicted molar refractivity (Wildman–Crippen MR) is 109 cm³/mol. The van der Waals surface area contributed by atoms with E-state index in [1.54, 1.807) is 30.5 Å². The molecule has 2 heterocycles. The number of halogens is 2. The summed E-state index contributed by atoms with van der Waals surface area (Å²) in [5.41, 5.74) is 2.07. The molecule has 2 aromatic carbocycles. The zero-order valence-electron chi connectivity index (χ0n) is 15.9. The van der Waals surface area contributed by atoms with Gasteiger partial charge in [0, 0.05) is 38.4 Å². The fourth-order valence-electron chi connectivity index (χ4n) is 3.32. The van der Waals surface area contributed by atoms with E-state index in [-0.39, 0.29) is 11.6 Å². The Morgan fingerprint density at radius 2 is 1.45 bits per heavy atom. The molecule has 0 bridgehead atoms. The van der Waals surface area contributed by atoms with Crippen LogP contribution in [0.2, 0.25) is 0 Å². The Kier molecular flexibility index (Phi) is 5.79. The summed E-state index contributed by atoms with van der Waals surface area (Å²) in [5.74, 6) is 0.801. The van der Waals surface area contributed by atoms with Gasteiger partial charge in [-0.1, -0.05) is 12.1 Å². The summed E-state index contributed by atoms with van der Waals surface area (Å²) in [6.07, 6.45) is 2.36. The molecule has 3 aromatic rings. The third-order valence-corrected chi connectivity index (χ3v) is 4.93. The molecule has 29 heavy (non-hydrogen) atoms. The van der Waals surface area contributed by atoms with Gasteiger partial charge in [-0.15, -0.1) is 5.10 Å². The van der Waals surface area contributed by atoms with Crippen molar-refractivity contribution in [1.29, 1.82) is 0 Å². The van der Waals surface area contributed by atoms with Crippen molar-refractivity contribution in [3.63, 3.8) is 0 Å². The van der Waals surface area contributed by atoms with Gasteiger partial charge in [-0.05, 0) is 48.4 Å². The highest BCUT2D eigenvalue weighted by Gasteiger charge is 2.20. The SMILES string of the molecule is Fc1ccc(CCNc2cnnc(N3CCN(c4ccc(F)cc4)CC3)n2)cc1. The quantitative estimate of drug-likeness (QED) is 0.691. The van der Waals surface area contributed by atoms with Gasteiger partial charge in [-0.25, -0.2) is 8.78 Å². The lowest BCUT2D eigenvalue weighted by atomic mass is 10.1. The predicted octanol–water partition coefficient (Wildman–Crippen LogP) is 3.13. The number of nitrogens with zero attached hydrogens (tertiary/aromatic N) is 5. The van der Waals surface area contributed by atoms with Crippen molar-refractivity contribution in [3.8, 4) is 0 Å². The fourth-order valence-corrected chi connectivity index (χ4v) is 3.32. The van der Waals surface area contributed by atoms with Gasteiger partial charge >= 0.3 is 0 Å². The Morgan fingerprint density at radius 1 is 0.828 bits per heavy atom. The van der Waals surface area contributed by atoms with Crippen LogP contribution in [0.1, 0.15) is 5.56 Å². The van der Waals surface area contributed by atoms with E-state index < -0.39 is 0 Å². The van der Waals surface area contributed by atoms with Gasteiger partial charge in [-0.3, -0.25) is 0 Å². The summed E-state index contributed by atoms with van der Waals surface area (Å²) >= 11 is 0. The molecule has 6 nitrogen and oxygen atoms in total. The topological polar surface area (TPSA) is 57.2 Å². The molecule has 1 saturated heterocycles. The van der Waals surface area contributed by atoms with Crippen LogP contribution in [-0.4, -0.2) is 47.9 Å². The molecule has 1 fully saturated rings. The van der Waals surface area contributed by atoms with Gasteiger partial charge < -0.3 is 15.1 Å². The van der Waals surface area contributed by atoms with Crippen molar-refractivity contribution in [2.75, 3.05) is 47.8 Å². The number of rotatable bonds is 6. The van der Waals surface area contributed by atoms with Crippen LogP contribution in [0.25, 0.3) is 0 Å². The minimum absolute atomic E-state index is 0.226. The van der Waals surface area contributed by atoms with E-state index in [4.69, 9.17) is 0 Å². The molecule has 8 heteroatoms. The Balaban J connectivity index is 1.30. The van der Waals surface area contributed by atoms with E-state index in [0.717, 1.165) is 43.9 Å². The number of benzene rings is 2. The minimum atomic E-state index is -0.231. The molecule has 1 N–H and O–H groups in total. The second kappa shape index (κ2) is 8.81. The molecular weight excluding hydrogens is 374 g/mol. The van der Waals surface area contributed by atoms with Crippen LogP contribution in [0.4, 0.5) is 26.2 Å². The van der Waals surface area contributed by atoms with Crippen LogP contribution in [-0.2, 0) is 6.42 Å². The lowest BCUT2D eigenvalue weighted by Crippen LogP contribution is -2.47. The summed E-state index contributed by atoms with van der Waals surface area (Å²) < 4.78 is 26.1. The summed E-state index contributed by atoms with van der Waals surface area (Å²) in [6, 6.07) is 13.0. The average Bonchev–Trinajstić information content (AvgIpc) is 2.76. The molecule has 0 aliphatic carbocycles. The van der Waals surface area contributed by atoms with Gasteiger partial charge in [0.25, 0.3) is 0 Å². The lowest BCUT2D eigenvalue weighted by molar-refractivity contribution is 0.622. The maximum atomic E-state index is 13.1. The number of hydrogen-bond donors (Lipinski definition) is 1. The minimum Gasteiger partial charge on any atom is -0.368 e. The zero-order valence-corrected chi connectivity index (χ0v) is 15.9. The van der Waals surface area contributed by atoms with E-state index in [1.807, 2.05) is 0 Å². The summed E-state index contributed by atoms with van der Waals surface area (Å²) in [6.45, 7) is 3.80. The van der Waals surface area contributed by atoms with Crippen LogP contribution in [0.3, 0.4) is 0 Å². The normalized spacial score (nSPS) is 14.1. The van der Waals surface area contributed by atoms with Crippen molar-refractivity contribution in [3.05, 3.63) is 71.9 Å². The Labute approximate surface area is 168 Å². The van der Waals surface area contributed by atoms with Crippen LogP contribution in [0, 0.1) is 11.6 Å². The molecule has 0 radical (unpaired) electrons. The number of piperazine rings is 1. The van der Waals surface area contributed by atoms with Crippen molar-refractivity contribution in [2.45, 2.75) is 6.42 Å². The van der Waals surface area contributed by atoms with Crippen LogP contribution < -0.4 is 15.1 Å². The number of nitrogens with one attached hydrogen (secondary N) is 1. The third-order valence-electron chi connectivity index (χ3n) is 4.93. The van der Waals surface area contributed by atoms with Crippen LogP contribution in [0.5, 0.6) is 0 Å². The van der Waals surface area contributed by atoms with Gasteiger partial charge in [-0.2, -0.15) is 10.1 Å². The van der Waals surface area contributed by atoms with Crippen molar-refractivity contribution in [2.24, 2.45) is 0 Å². The Hall–Kier alpha value is -3.29. The van der Waals surface area contributed by atoms with Crippen LogP contribution >= 0.6 is 0 Å². The molecule has 0 saturated carbocycles. The first-order chi connectivity index (χ1) is 14.2. The van der Waals surface area contributed by atoms with Crippen molar-refractivity contribution in [1.82, 2.24) is 15.2 Å². The zero-order chi connectivity index (χ0) is 20.1. The number of hydrogen-bond acceptors (Lipinski definition) is 6. The molecule has 0 amide bonds. The summed E-state index contributed by atoms with van der Waals surface area (Å²) in [7, 11) is 0. The van der Waals surface area contributed by atoms with Crippen molar-refractivity contribution < 1.29 is 8.78 Å². The van der Waals surface area contributed by atoms with E-state index in [9.17, 15) is 8.78 Å². The van der Waals surface area contributed by atoms with Gasteiger partial charge in [0.1, 0.15) is 11.6 Å². The highest BCUT2D eigenvalue weighted by molar-refractivity contribution is 5.49. The Bertz CT molecular complexity index is 925. The molecule has 0 atom stereocenters. The number of anilines is 3. The molecule has 4 rings (SSSR count). The molecule has 0 spiro atoms. The summed E-state index contributed by atoms with van der Waals surface area (Å²) in [5, 5.41) is 11.5. The van der Waals surface area contributed by atoms with E-state index in [1.165, 1.54) is 24.3 Å². The maximum absolute atomic E-state index is 13.1. The van der Waals surface area contributed by atoms with Gasteiger partial charge in [0.2, 0.25) is 5.95 Å². The smallest absolute Gasteiger partial charge is 0.247 e. The molecule has 0 unspecified atom stereocenters. The van der Waals surface area contributed by atoms with E-state index in [0.29, 0.717) is 18.3 Å². The van der Waals surface area contributed by atoms with E-state index in [2.05, 4.69) is 30.3 Å². The molecule has 1 aliphatic rings. The molecule has 1 aliphatic heterocycles. The first-order valence-electron chi connectivity index (χ1n) is 9.61. The lowest BCUT2D eigenvalue weighted by Gasteiger charge is -2.35. The molecular formula is C21H22F2N6. The van der Waals surface area contributed by atoms with E-state index >= 15 is 0 Å². The standard InChI is InChI=1S/C21H22F2N6/c22-17-3-1-16(2-4-17)9-10-24-20-15-25-27-21(26-20)29-13-11-28(12-14-29)19-7-5-18(23)6-8-19/h1-8,15H,9-14H2,(H,24,26,27). The van der Waals surface area contributed by atoms with Gasteiger partial charge in [0.15, 0.2) is 5.82 Å². The number of aromatic nitrogens is 3. The van der Waals surface area contributed by atoms with Gasteiger partial charge in [0.05, 0.1) is 6.20 Å². The maximum Gasteiger partial charge on any atom is 0.247 e. The second-order valence-corrected chi connectivity index (χ2v) is 6.90. The third kappa shape index (κ3) is 4.96. The molecule has 1 aromatic heterocycles. The first-order valence-corrected chi connectivity index (χ1v) is 9.61. The highest BCUT2D eigenvalue weighted by Crippen LogP contribution is 2.19. The summed E-state index contributed by atoms with van der Waals surface area (Å²) in [4.78, 5) is 8.88.